The first-order valence-corrected chi connectivity index (χ1v) is 4.70. The highest BCUT2D eigenvalue weighted by Crippen LogP contribution is 2.39. The van der Waals surface area contributed by atoms with Crippen LogP contribution in [0.1, 0.15) is 22.8 Å². The van der Waals surface area contributed by atoms with Gasteiger partial charge in [0, 0.05) is 10.0 Å². The van der Waals surface area contributed by atoms with Crippen LogP contribution < -0.4 is 5.73 Å². The van der Waals surface area contributed by atoms with Gasteiger partial charge in [0.15, 0.2) is 5.78 Å². The van der Waals surface area contributed by atoms with Crippen LogP contribution in [0, 0.1) is 0 Å². The summed E-state index contributed by atoms with van der Waals surface area (Å²) in [5.74, 6) is -0.665. The molecule has 0 fully saturated rings. The number of Topliss-reactive ketones (excluding diaryl/α,β-unsaturated/α-hetero) is 1. The lowest BCUT2D eigenvalue weighted by Crippen LogP contribution is -2.15. The quantitative estimate of drug-likeness (QED) is 0.634. The number of nitrogens with two attached hydrogens (primary N) is 1. The molecule has 15 heavy (non-hydrogen) atoms. The number of nitrogen functional groups attached to an aromatic ring is 1. The number of hydrogen-bond donors (Lipinski definition) is 1. The van der Waals surface area contributed by atoms with Crippen LogP contribution in [-0.2, 0) is 6.18 Å². The molecule has 0 saturated heterocycles. The number of carbonyl (C=O) groups is 1. The van der Waals surface area contributed by atoms with Crippen LogP contribution in [0.4, 0.5) is 18.9 Å². The lowest BCUT2D eigenvalue weighted by molar-refractivity contribution is -0.137. The molecule has 0 aliphatic heterocycles. The van der Waals surface area contributed by atoms with Crippen LogP contribution in [-0.4, -0.2) is 5.78 Å². The average molecular weight is 282 g/mol. The van der Waals surface area contributed by atoms with Gasteiger partial charge in [-0.1, -0.05) is 0 Å². The van der Waals surface area contributed by atoms with Gasteiger partial charge in [-0.3, -0.25) is 4.79 Å². The number of hydrogen-bond acceptors (Lipinski definition) is 2. The van der Waals surface area contributed by atoms with Crippen LogP contribution in [0.15, 0.2) is 16.6 Å². The molecule has 0 saturated carbocycles. The second kappa shape index (κ2) is 3.84. The summed E-state index contributed by atoms with van der Waals surface area (Å²) in [6.45, 7) is 1.07. The fourth-order valence-corrected chi connectivity index (χ4v) is 1.52. The molecule has 1 rings (SSSR count). The lowest BCUT2D eigenvalue weighted by Gasteiger charge is -2.14. The van der Waals surface area contributed by atoms with Gasteiger partial charge in [-0.2, -0.15) is 13.2 Å². The first kappa shape index (κ1) is 12.0. The Morgan fingerprint density at radius 1 is 1.40 bits per heavy atom. The molecule has 0 atom stereocenters. The summed E-state index contributed by atoms with van der Waals surface area (Å²) in [5, 5.41) is 0. The first-order valence-electron chi connectivity index (χ1n) is 3.91. The van der Waals surface area contributed by atoms with Gasteiger partial charge in [0.2, 0.25) is 0 Å². The van der Waals surface area contributed by atoms with Gasteiger partial charge in [0.05, 0.1) is 11.3 Å². The van der Waals surface area contributed by atoms with E-state index >= 15 is 0 Å². The van der Waals surface area contributed by atoms with E-state index in [1.807, 2.05) is 0 Å². The fourth-order valence-electron chi connectivity index (χ4n) is 1.19. The summed E-state index contributed by atoms with van der Waals surface area (Å²) in [6, 6.07) is 2.42. The third kappa shape index (κ3) is 2.31. The standard InChI is InChI=1S/C9H7BrF3NO/c1-4(15)5-2-3-6(10)8(14)7(5)9(11,12)13/h2-3H,14H2,1H3. The Balaban J connectivity index is 3.57. The van der Waals surface area contributed by atoms with Crippen molar-refractivity contribution in [2.24, 2.45) is 0 Å². The van der Waals surface area contributed by atoms with Crippen molar-refractivity contribution < 1.29 is 18.0 Å². The summed E-state index contributed by atoms with van der Waals surface area (Å²) < 4.78 is 37.9. The molecule has 2 N–H and O–H groups in total. The van der Waals surface area contributed by atoms with E-state index in [4.69, 9.17) is 5.73 Å². The van der Waals surface area contributed by atoms with Crippen LogP contribution in [0.5, 0.6) is 0 Å². The molecule has 0 radical (unpaired) electrons. The zero-order chi connectivity index (χ0) is 11.8. The van der Waals surface area contributed by atoms with Gasteiger partial charge < -0.3 is 5.73 Å². The molecule has 6 heteroatoms. The van der Waals surface area contributed by atoms with Crippen molar-refractivity contribution in [2.45, 2.75) is 13.1 Å². The van der Waals surface area contributed by atoms with Gasteiger partial charge >= 0.3 is 6.18 Å². The van der Waals surface area contributed by atoms with E-state index in [9.17, 15) is 18.0 Å². The molecule has 0 aliphatic rings. The fraction of sp³-hybridized carbons (Fsp3) is 0.222. The molecule has 0 unspecified atom stereocenters. The van der Waals surface area contributed by atoms with E-state index in [0.29, 0.717) is 0 Å². The zero-order valence-electron chi connectivity index (χ0n) is 7.65. The summed E-state index contributed by atoms with van der Waals surface area (Å²) >= 11 is 2.89. The molecule has 0 aliphatic carbocycles. The van der Waals surface area contributed by atoms with Gasteiger partial charge in [0.25, 0.3) is 0 Å². The largest absolute Gasteiger partial charge is 0.419 e. The van der Waals surface area contributed by atoms with Crippen molar-refractivity contribution in [3.63, 3.8) is 0 Å². The number of alkyl halides is 3. The summed E-state index contributed by atoms with van der Waals surface area (Å²) in [6.07, 6.45) is -4.63. The summed E-state index contributed by atoms with van der Waals surface area (Å²) in [4.78, 5) is 11.0. The van der Waals surface area contributed by atoms with E-state index in [1.54, 1.807) is 0 Å². The maximum Gasteiger partial charge on any atom is 0.419 e. The lowest BCUT2D eigenvalue weighted by atomic mass is 10.0. The van der Waals surface area contributed by atoms with E-state index in [0.717, 1.165) is 13.0 Å². The smallest absolute Gasteiger partial charge is 0.397 e. The van der Waals surface area contributed by atoms with E-state index < -0.39 is 28.8 Å². The maximum absolute atomic E-state index is 12.6. The average Bonchev–Trinajstić information content (AvgIpc) is 2.06. The van der Waals surface area contributed by atoms with Gasteiger partial charge in [-0.05, 0) is 35.0 Å². The van der Waals surface area contributed by atoms with Gasteiger partial charge in [0.1, 0.15) is 0 Å². The molecule has 0 spiro atoms. The molecular weight excluding hydrogens is 275 g/mol. The molecule has 2 nitrogen and oxygen atoms in total. The van der Waals surface area contributed by atoms with Crippen LogP contribution in [0.3, 0.4) is 0 Å². The third-order valence-electron chi connectivity index (χ3n) is 1.86. The minimum atomic E-state index is -4.63. The van der Waals surface area contributed by atoms with E-state index in [-0.39, 0.29) is 4.47 Å². The minimum Gasteiger partial charge on any atom is -0.397 e. The van der Waals surface area contributed by atoms with Crippen molar-refractivity contribution >= 4 is 27.4 Å². The summed E-state index contributed by atoms with van der Waals surface area (Å²) in [7, 11) is 0. The topological polar surface area (TPSA) is 43.1 Å². The zero-order valence-corrected chi connectivity index (χ0v) is 9.24. The second-order valence-corrected chi connectivity index (χ2v) is 3.79. The molecule has 0 amide bonds. The van der Waals surface area contributed by atoms with Gasteiger partial charge in [-0.15, -0.1) is 0 Å². The SMILES string of the molecule is CC(=O)c1ccc(Br)c(N)c1C(F)(F)F. The van der Waals surface area contributed by atoms with Crippen molar-refractivity contribution in [2.75, 3.05) is 5.73 Å². The molecule has 1 aromatic carbocycles. The Morgan fingerprint density at radius 2 is 1.93 bits per heavy atom. The van der Waals surface area contributed by atoms with Crippen molar-refractivity contribution in [1.29, 1.82) is 0 Å². The number of anilines is 1. The Morgan fingerprint density at radius 3 is 2.33 bits per heavy atom. The predicted molar refractivity (Wildman–Crippen MR) is 53.6 cm³/mol. The molecule has 0 bridgehead atoms. The molecule has 1 aromatic rings. The third-order valence-corrected chi connectivity index (χ3v) is 2.55. The normalized spacial score (nSPS) is 11.5. The number of benzene rings is 1. The van der Waals surface area contributed by atoms with Crippen LogP contribution in [0.2, 0.25) is 0 Å². The second-order valence-electron chi connectivity index (χ2n) is 2.94. The number of ketones is 1. The Hall–Kier alpha value is -1.04. The molecule has 0 aromatic heterocycles. The van der Waals surface area contributed by atoms with E-state index in [1.165, 1.54) is 6.07 Å². The maximum atomic E-state index is 12.6. The molecular formula is C9H7BrF3NO. The van der Waals surface area contributed by atoms with Crippen molar-refractivity contribution in [1.82, 2.24) is 0 Å². The highest BCUT2D eigenvalue weighted by molar-refractivity contribution is 9.10. The number of halogens is 4. The van der Waals surface area contributed by atoms with Crippen molar-refractivity contribution in [3.05, 3.63) is 27.7 Å². The first-order chi connectivity index (χ1) is 6.75. The minimum absolute atomic E-state index is 0.125. The number of carbonyl (C=O) groups excluding carboxylic acids is 1. The number of rotatable bonds is 1. The Kier molecular flexibility index (Phi) is 3.08. The summed E-state index contributed by atoms with van der Waals surface area (Å²) in [5.41, 5.74) is 3.33. The molecule has 82 valence electrons. The van der Waals surface area contributed by atoms with Crippen LogP contribution >= 0.6 is 15.9 Å². The van der Waals surface area contributed by atoms with Gasteiger partial charge in [-0.25, -0.2) is 0 Å². The predicted octanol–water partition coefficient (Wildman–Crippen LogP) is 3.25. The monoisotopic (exact) mass is 281 g/mol. The highest BCUT2D eigenvalue weighted by Gasteiger charge is 2.37. The highest BCUT2D eigenvalue weighted by atomic mass is 79.9. The Bertz CT molecular complexity index is 415. The van der Waals surface area contributed by atoms with Crippen LogP contribution in [0.25, 0.3) is 0 Å². The van der Waals surface area contributed by atoms with E-state index in [2.05, 4.69) is 15.9 Å². The van der Waals surface area contributed by atoms with Crippen molar-refractivity contribution in [3.8, 4) is 0 Å². The molecule has 0 heterocycles. The Labute approximate surface area is 92.4 Å².